The second-order valence-electron chi connectivity index (χ2n) is 4.19. The Labute approximate surface area is 103 Å². The van der Waals surface area contributed by atoms with Gasteiger partial charge < -0.3 is 14.6 Å². The van der Waals surface area contributed by atoms with Crippen molar-refractivity contribution in [3.63, 3.8) is 0 Å². The fraction of sp³-hybridized carbons (Fsp3) is 0.333. The van der Waals surface area contributed by atoms with E-state index in [-0.39, 0.29) is 19.1 Å². The van der Waals surface area contributed by atoms with Crippen molar-refractivity contribution in [2.75, 3.05) is 11.7 Å². The minimum atomic E-state index is -0.987. The maximum absolute atomic E-state index is 11.8. The van der Waals surface area contributed by atoms with Gasteiger partial charge in [-0.05, 0) is 18.6 Å². The first-order valence-electron chi connectivity index (χ1n) is 5.61. The van der Waals surface area contributed by atoms with E-state index in [1.165, 1.54) is 4.90 Å². The zero-order valence-corrected chi connectivity index (χ0v) is 9.46. The SMILES string of the molecule is O=C(O)[C@@H]1CCC(=O)N1c1ccc2c(c1)OCO2. The summed E-state index contributed by atoms with van der Waals surface area (Å²) in [5.41, 5.74) is 0.536. The molecule has 18 heavy (non-hydrogen) atoms. The van der Waals surface area contributed by atoms with Crippen molar-refractivity contribution < 1.29 is 24.2 Å². The minimum absolute atomic E-state index is 0.148. The minimum Gasteiger partial charge on any atom is -0.480 e. The summed E-state index contributed by atoms with van der Waals surface area (Å²) in [5.74, 6) is -0.0200. The van der Waals surface area contributed by atoms with Crippen molar-refractivity contribution >= 4 is 17.6 Å². The summed E-state index contributed by atoms with van der Waals surface area (Å²) in [7, 11) is 0. The van der Waals surface area contributed by atoms with Crippen molar-refractivity contribution in [1.29, 1.82) is 0 Å². The number of aliphatic carboxylic acids is 1. The number of benzene rings is 1. The van der Waals surface area contributed by atoms with Gasteiger partial charge in [-0.3, -0.25) is 9.69 Å². The van der Waals surface area contributed by atoms with E-state index in [4.69, 9.17) is 14.6 Å². The number of ether oxygens (including phenoxy) is 2. The number of amides is 1. The second kappa shape index (κ2) is 3.90. The predicted octanol–water partition coefficient (Wildman–Crippen LogP) is 0.995. The highest BCUT2D eigenvalue weighted by molar-refractivity contribution is 6.02. The third-order valence-electron chi connectivity index (χ3n) is 3.13. The summed E-state index contributed by atoms with van der Waals surface area (Å²) in [6.45, 7) is 0.148. The van der Waals surface area contributed by atoms with Crippen LogP contribution < -0.4 is 14.4 Å². The Morgan fingerprint density at radius 2 is 2.11 bits per heavy atom. The molecule has 0 aliphatic carbocycles. The first-order chi connectivity index (χ1) is 8.66. The van der Waals surface area contributed by atoms with Crippen molar-refractivity contribution in [2.24, 2.45) is 0 Å². The van der Waals surface area contributed by atoms with Crippen LogP contribution in [-0.2, 0) is 9.59 Å². The van der Waals surface area contributed by atoms with Gasteiger partial charge in [0.05, 0.1) is 0 Å². The number of hydrogen-bond acceptors (Lipinski definition) is 4. The molecule has 6 nitrogen and oxygen atoms in total. The summed E-state index contributed by atoms with van der Waals surface area (Å²) >= 11 is 0. The Morgan fingerprint density at radius 1 is 1.33 bits per heavy atom. The highest BCUT2D eigenvalue weighted by Gasteiger charge is 2.37. The molecule has 0 aromatic heterocycles. The average molecular weight is 249 g/mol. The van der Waals surface area contributed by atoms with Crippen LogP contribution in [0.3, 0.4) is 0 Å². The zero-order chi connectivity index (χ0) is 12.7. The quantitative estimate of drug-likeness (QED) is 0.846. The number of hydrogen-bond donors (Lipinski definition) is 1. The standard InChI is InChI=1S/C12H11NO5/c14-11-4-2-8(12(15)16)13(11)7-1-3-9-10(5-7)18-6-17-9/h1,3,5,8H,2,4,6H2,(H,15,16)/t8-/m0/s1. The van der Waals surface area contributed by atoms with E-state index in [2.05, 4.69) is 0 Å². The molecule has 0 radical (unpaired) electrons. The number of carbonyl (C=O) groups excluding carboxylic acids is 1. The van der Waals surface area contributed by atoms with Crippen molar-refractivity contribution in [1.82, 2.24) is 0 Å². The van der Waals surface area contributed by atoms with E-state index < -0.39 is 12.0 Å². The highest BCUT2D eigenvalue weighted by atomic mass is 16.7. The summed E-state index contributed by atoms with van der Waals surface area (Å²) in [6, 6.07) is 4.20. The average Bonchev–Trinajstić information content (AvgIpc) is 2.93. The van der Waals surface area contributed by atoms with Crippen LogP contribution >= 0.6 is 0 Å². The molecule has 1 aromatic rings. The van der Waals surface area contributed by atoms with E-state index in [1.54, 1.807) is 18.2 Å². The van der Waals surface area contributed by atoms with Gasteiger partial charge in [-0.15, -0.1) is 0 Å². The lowest BCUT2D eigenvalue weighted by atomic mass is 10.2. The lowest BCUT2D eigenvalue weighted by Crippen LogP contribution is -2.38. The smallest absolute Gasteiger partial charge is 0.326 e. The van der Waals surface area contributed by atoms with Crippen LogP contribution in [0.1, 0.15) is 12.8 Å². The van der Waals surface area contributed by atoms with Gasteiger partial charge in [0.2, 0.25) is 12.7 Å². The van der Waals surface area contributed by atoms with Gasteiger partial charge >= 0.3 is 5.97 Å². The topological polar surface area (TPSA) is 76.1 Å². The van der Waals surface area contributed by atoms with Gasteiger partial charge in [0.15, 0.2) is 11.5 Å². The molecule has 2 aliphatic heterocycles. The van der Waals surface area contributed by atoms with Gasteiger partial charge in [-0.2, -0.15) is 0 Å². The molecule has 1 fully saturated rings. The summed E-state index contributed by atoms with van der Waals surface area (Å²) in [4.78, 5) is 24.2. The normalized spacial score (nSPS) is 21.4. The van der Waals surface area contributed by atoms with Crippen LogP contribution in [0.25, 0.3) is 0 Å². The van der Waals surface area contributed by atoms with Crippen LogP contribution in [0.5, 0.6) is 11.5 Å². The van der Waals surface area contributed by atoms with Crippen molar-refractivity contribution in [3.05, 3.63) is 18.2 Å². The summed E-state index contributed by atoms with van der Waals surface area (Å²) in [5, 5.41) is 9.11. The number of carboxylic acids is 1. The maximum Gasteiger partial charge on any atom is 0.326 e. The van der Waals surface area contributed by atoms with E-state index in [1.807, 2.05) is 0 Å². The molecule has 1 saturated heterocycles. The van der Waals surface area contributed by atoms with Crippen LogP contribution in [0, 0.1) is 0 Å². The molecule has 94 valence electrons. The van der Waals surface area contributed by atoms with Gasteiger partial charge in [0.25, 0.3) is 0 Å². The molecule has 3 rings (SSSR count). The van der Waals surface area contributed by atoms with Gasteiger partial charge in [0.1, 0.15) is 6.04 Å². The monoisotopic (exact) mass is 249 g/mol. The highest BCUT2D eigenvalue weighted by Crippen LogP contribution is 2.37. The fourth-order valence-electron chi connectivity index (χ4n) is 2.28. The lowest BCUT2D eigenvalue weighted by molar-refractivity contribution is -0.138. The number of rotatable bonds is 2. The molecule has 1 atom stereocenters. The van der Waals surface area contributed by atoms with Crippen molar-refractivity contribution in [3.8, 4) is 11.5 Å². The molecule has 0 unspecified atom stereocenters. The van der Waals surface area contributed by atoms with Crippen LogP contribution in [0.15, 0.2) is 18.2 Å². The van der Waals surface area contributed by atoms with Crippen molar-refractivity contribution in [2.45, 2.75) is 18.9 Å². The number of fused-ring (bicyclic) bond motifs is 1. The molecule has 2 aliphatic rings. The Hall–Kier alpha value is -2.24. The van der Waals surface area contributed by atoms with E-state index in [0.717, 1.165) is 0 Å². The largest absolute Gasteiger partial charge is 0.480 e. The number of anilines is 1. The Bertz CT molecular complexity index is 527. The first-order valence-corrected chi connectivity index (χ1v) is 5.61. The second-order valence-corrected chi connectivity index (χ2v) is 4.19. The Morgan fingerprint density at radius 3 is 2.89 bits per heavy atom. The molecular formula is C12H11NO5. The fourth-order valence-corrected chi connectivity index (χ4v) is 2.28. The third kappa shape index (κ3) is 1.57. The van der Waals surface area contributed by atoms with Gasteiger partial charge in [0, 0.05) is 18.2 Å². The van der Waals surface area contributed by atoms with E-state index >= 15 is 0 Å². The zero-order valence-electron chi connectivity index (χ0n) is 9.46. The van der Waals surface area contributed by atoms with Gasteiger partial charge in [-0.25, -0.2) is 4.79 Å². The predicted molar refractivity (Wildman–Crippen MR) is 60.7 cm³/mol. The molecule has 2 heterocycles. The van der Waals surface area contributed by atoms with Crippen LogP contribution in [0.2, 0.25) is 0 Å². The maximum atomic E-state index is 11.8. The number of carboxylic acid groups (broad SMARTS) is 1. The molecule has 1 amide bonds. The molecule has 6 heteroatoms. The lowest BCUT2D eigenvalue weighted by Gasteiger charge is -2.21. The molecule has 0 spiro atoms. The number of carbonyl (C=O) groups is 2. The van der Waals surface area contributed by atoms with Crippen LogP contribution in [-0.4, -0.2) is 29.8 Å². The molecule has 1 aromatic carbocycles. The van der Waals surface area contributed by atoms with Gasteiger partial charge in [-0.1, -0.05) is 0 Å². The van der Waals surface area contributed by atoms with E-state index in [9.17, 15) is 9.59 Å². The Balaban J connectivity index is 1.98. The van der Waals surface area contributed by atoms with E-state index in [0.29, 0.717) is 23.6 Å². The molecular weight excluding hydrogens is 238 g/mol. The summed E-state index contributed by atoms with van der Waals surface area (Å²) < 4.78 is 10.4. The summed E-state index contributed by atoms with van der Waals surface area (Å²) in [6.07, 6.45) is 0.591. The molecule has 0 bridgehead atoms. The molecule has 0 saturated carbocycles. The Kier molecular flexibility index (Phi) is 2.36. The first kappa shape index (κ1) is 10.9. The van der Waals surface area contributed by atoms with Crippen LogP contribution in [0.4, 0.5) is 5.69 Å². The number of nitrogens with zero attached hydrogens (tertiary/aromatic N) is 1. The third-order valence-corrected chi connectivity index (χ3v) is 3.13. The molecule has 1 N–H and O–H groups in total.